The van der Waals surface area contributed by atoms with E-state index in [-0.39, 0.29) is 13.0 Å². The van der Waals surface area contributed by atoms with Gasteiger partial charge in [-0.15, -0.1) is 0 Å². The molecule has 0 aliphatic heterocycles. The minimum Gasteiger partial charge on any atom is -0.480 e. The lowest BCUT2D eigenvalue weighted by Gasteiger charge is -2.07. The van der Waals surface area contributed by atoms with E-state index in [2.05, 4.69) is 5.32 Å². The van der Waals surface area contributed by atoms with Gasteiger partial charge in [0.1, 0.15) is 6.04 Å². The second-order valence-corrected chi connectivity index (χ2v) is 1.75. The Bertz CT molecular complexity index is 126. The first-order chi connectivity index (χ1) is 4.72. The van der Waals surface area contributed by atoms with Crippen molar-refractivity contribution < 1.29 is 14.7 Å². The summed E-state index contributed by atoms with van der Waals surface area (Å²) in [6.07, 6.45) is 0.614. The summed E-state index contributed by atoms with van der Waals surface area (Å²) in [6, 6.07) is -0.845. The van der Waals surface area contributed by atoms with Gasteiger partial charge in [0.25, 0.3) is 0 Å². The number of carbonyl (C=O) groups excluding carboxylic acids is 1. The quantitative estimate of drug-likeness (QED) is 0.413. The number of rotatable bonds is 5. The van der Waals surface area contributed by atoms with Crippen LogP contribution in [-0.4, -0.2) is 30.1 Å². The zero-order valence-electron chi connectivity index (χ0n) is 5.41. The highest BCUT2D eigenvalue weighted by Crippen LogP contribution is 1.87. The summed E-state index contributed by atoms with van der Waals surface area (Å²) in [6.45, 7) is 0.248. The summed E-state index contributed by atoms with van der Waals surface area (Å²) >= 11 is 0. The van der Waals surface area contributed by atoms with E-state index in [0.717, 1.165) is 0 Å². The molecule has 0 aromatic carbocycles. The molecule has 0 saturated heterocycles. The maximum absolute atomic E-state index is 10.2. The van der Waals surface area contributed by atoms with Crippen molar-refractivity contribution in [3.63, 3.8) is 0 Å². The third kappa shape index (κ3) is 3.03. The van der Waals surface area contributed by atoms with Gasteiger partial charge in [0, 0.05) is 0 Å². The van der Waals surface area contributed by atoms with Crippen LogP contribution in [0.3, 0.4) is 0 Å². The molecule has 1 unspecified atom stereocenters. The average molecular weight is 146 g/mol. The molecule has 0 aliphatic rings. The van der Waals surface area contributed by atoms with E-state index in [4.69, 9.17) is 10.8 Å². The number of carboxylic acids is 1. The molecule has 1 amide bonds. The Kier molecular flexibility index (Phi) is 4.23. The fourth-order valence-corrected chi connectivity index (χ4v) is 0.527. The van der Waals surface area contributed by atoms with Crippen LogP contribution < -0.4 is 11.1 Å². The highest BCUT2D eigenvalue weighted by atomic mass is 16.4. The molecule has 58 valence electrons. The van der Waals surface area contributed by atoms with E-state index in [0.29, 0.717) is 6.41 Å². The number of carboxylic acid groups (broad SMARTS) is 1. The Morgan fingerprint density at radius 2 is 2.40 bits per heavy atom. The van der Waals surface area contributed by atoms with Gasteiger partial charge in [0.15, 0.2) is 0 Å². The number of hydrogen-bond donors (Lipinski definition) is 3. The van der Waals surface area contributed by atoms with Gasteiger partial charge in [-0.3, -0.25) is 4.79 Å². The minimum atomic E-state index is -1.06. The van der Waals surface area contributed by atoms with E-state index in [1.54, 1.807) is 0 Å². The van der Waals surface area contributed by atoms with Crippen molar-refractivity contribution in [3.05, 3.63) is 0 Å². The summed E-state index contributed by atoms with van der Waals surface area (Å²) in [4.78, 5) is 20.0. The van der Waals surface area contributed by atoms with Crippen molar-refractivity contribution in [2.45, 2.75) is 12.5 Å². The predicted octanol–water partition coefficient (Wildman–Crippen LogP) is -1.47. The van der Waals surface area contributed by atoms with Crippen LogP contribution in [0.1, 0.15) is 6.42 Å². The van der Waals surface area contributed by atoms with Gasteiger partial charge in [-0.1, -0.05) is 0 Å². The standard InChI is InChI=1S/C5H10N2O3/c6-2-1-4(5(9)10)7-3-8/h3-4H,1-2,6H2,(H,7,8)(H,9,10). The molecular formula is C5H10N2O3. The predicted molar refractivity (Wildman–Crippen MR) is 34.3 cm³/mol. The number of nitrogens with two attached hydrogens (primary N) is 1. The van der Waals surface area contributed by atoms with Crippen molar-refractivity contribution in [2.75, 3.05) is 6.54 Å². The minimum absolute atomic E-state index is 0.248. The lowest BCUT2D eigenvalue weighted by Crippen LogP contribution is -2.37. The van der Waals surface area contributed by atoms with Crippen LogP contribution in [0.15, 0.2) is 0 Å². The maximum atomic E-state index is 10.2. The normalized spacial score (nSPS) is 12.1. The Labute approximate surface area is 58.2 Å². The zero-order valence-corrected chi connectivity index (χ0v) is 5.41. The zero-order chi connectivity index (χ0) is 7.98. The summed E-state index contributed by atoms with van der Waals surface area (Å²) < 4.78 is 0. The molecule has 0 spiro atoms. The summed E-state index contributed by atoms with van der Waals surface area (Å²) in [7, 11) is 0. The van der Waals surface area contributed by atoms with E-state index < -0.39 is 12.0 Å². The largest absolute Gasteiger partial charge is 0.480 e. The fraction of sp³-hybridized carbons (Fsp3) is 0.600. The number of carbonyl (C=O) groups is 2. The first kappa shape index (κ1) is 8.90. The van der Waals surface area contributed by atoms with Crippen LogP contribution in [0.2, 0.25) is 0 Å². The molecule has 4 N–H and O–H groups in total. The van der Waals surface area contributed by atoms with Crippen molar-refractivity contribution in [1.82, 2.24) is 5.32 Å². The van der Waals surface area contributed by atoms with E-state index in [9.17, 15) is 9.59 Å². The molecule has 0 aromatic heterocycles. The molecule has 5 heteroatoms. The number of nitrogens with one attached hydrogen (secondary N) is 1. The number of amides is 1. The molecule has 0 radical (unpaired) electrons. The molecule has 0 bridgehead atoms. The highest BCUT2D eigenvalue weighted by molar-refractivity contribution is 5.76. The van der Waals surface area contributed by atoms with Crippen LogP contribution in [0.5, 0.6) is 0 Å². The molecule has 0 fully saturated rings. The molecule has 0 rings (SSSR count). The maximum Gasteiger partial charge on any atom is 0.326 e. The van der Waals surface area contributed by atoms with Gasteiger partial charge >= 0.3 is 5.97 Å². The van der Waals surface area contributed by atoms with Crippen LogP contribution in [0.25, 0.3) is 0 Å². The van der Waals surface area contributed by atoms with E-state index in [1.165, 1.54) is 0 Å². The van der Waals surface area contributed by atoms with E-state index >= 15 is 0 Å². The van der Waals surface area contributed by atoms with Gasteiger partial charge in [-0.2, -0.15) is 0 Å². The van der Waals surface area contributed by atoms with Crippen LogP contribution in [0, 0.1) is 0 Å². The molecule has 1 atom stereocenters. The van der Waals surface area contributed by atoms with Gasteiger partial charge in [-0.25, -0.2) is 4.79 Å². The Hall–Kier alpha value is -1.10. The summed E-state index contributed by atoms with van der Waals surface area (Å²) in [5.74, 6) is -1.06. The first-order valence-electron chi connectivity index (χ1n) is 2.85. The fourth-order valence-electron chi connectivity index (χ4n) is 0.527. The van der Waals surface area contributed by atoms with Gasteiger partial charge in [0.05, 0.1) is 0 Å². The smallest absolute Gasteiger partial charge is 0.326 e. The molecule has 0 aromatic rings. The van der Waals surface area contributed by atoms with Crippen LogP contribution in [0.4, 0.5) is 0 Å². The lowest BCUT2D eigenvalue weighted by atomic mass is 10.2. The van der Waals surface area contributed by atoms with Crippen molar-refractivity contribution in [1.29, 1.82) is 0 Å². The molecule has 0 aliphatic carbocycles. The summed E-state index contributed by atoms with van der Waals surface area (Å²) in [5, 5.41) is 10.5. The molecule has 0 heterocycles. The second-order valence-electron chi connectivity index (χ2n) is 1.75. The van der Waals surface area contributed by atoms with Gasteiger partial charge in [-0.05, 0) is 13.0 Å². The van der Waals surface area contributed by atoms with Crippen LogP contribution in [-0.2, 0) is 9.59 Å². The molecular weight excluding hydrogens is 136 g/mol. The second kappa shape index (κ2) is 4.75. The number of hydrogen-bond acceptors (Lipinski definition) is 3. The van der Waals surface area contributed by atoms with Gasteiger partial charge < -0.3 is 16.2 Å². The van der Waals surface area contributed by atoms with Crippen molar-refractivity contribution in [3.8, 4) is 0 Å². The summed E-state index contributed by atoms with van der Waals surface area (Å²) in [5.41, 5.74) is 5.08. The molecule has 10 heavy (non-hydrogen) atoms. The molecule has 0 saturated carbocycles. The Balaban J connectivity index is 3.71. The molecule has 5 nitrogen and oxygen atoms in total. The Morgan fingerprint density at radius 3 is 2.70 bits per heavy atom. The highest BCUT2D eigenvalue weighted by Gasteiger charge is 2.13. The topological polar surface area (TPSA) is 92.4 Å². The van der Waals surface area contributed by atoms with Crippen molar-refractivity contribution in [2.24, 2.45) is 5.73 Å². The number of aliphatic carboxylic acids is 1. The first-order valence-corrected chi connectivity index (χ1v) is 2.85. The van der Waals surface area contributed by atoms with E-state index in [1.807, 2.05) is 0 Å². The Morgan fingerprint density at radius 1 is 1.80 bits per heavy atom. The third-order valence-corrected chi connectivity index (χ3v) is 1.02. The van der Waals surface area contributed by atoms with Crippen molar-refractivity contribution >= 4 is 12.4 Å². The monoisotopic (exact) mass is 146 g/mol. The van der Waals surface area contributed by atoms with Crippen LogP contribution >= 0.6 is 0 Å². The van der Waals surface area contributed by atoms with Gasteiger partial charge in [0.2, 0.25) is 6.41 Å². The SMILES string of the molecule is NCCC(NC=O)C(=O)O. The third-order valence-electron chi connectivity index (χ3n) is 1.02. The lowest BCUT2D eigenvalue weighted by molar-refractivity contribution is -0.140. The average Bonchev–Trinajstić information content (AvgIpc) is 1.87.